The van der Waals surface area contributed by atoms with Crippen molar-refractivity contribution in [1.29, 1.82) is 0 Å². The van der Waals surface area contributed by atoms with E-state index in [0.29, 0.717) is 13.1 Å². The van der Waals surface area contributed by atoms with Crippen molar-refractivity contribution in [2.24, 2.45) is 0 Å². The Morgan fingerprint density at radius 3 is 2.10 bits per heavy atom. The third-order valence-electron chi connectivity index (χ3n) is 5.03. The molecule has 1 fully saturated rings. The average molecular weight is 429 g/mol. The Hall–Kier alpha value is -2.43. The van der Waals surface area contributed by atoms with Crippen LogP contribution in [0.5, 0.6) is 5.75 Å². The van der Waals surface area contributed by atoms with Crippen molar-refractivity contribution in [3.05, 3.63) is 47.6 Å². The van der Waals surface area contributed by atoms with Crippen molar-refractivity contribution in [3.8, 4) is 5.75 Å². The summed E-state index contributed by atoms with van der Waals surface area (Å²) in [7, 11) is 0. The minimum Gasteiger partial charge on any atom is -0.488 e. The zero-order valence-corrected chi connectivity index (χ0v) is 20.4. The number of hydrogen-bond acceptors (Lipinski definition) is 4. The van der Waals surface area contributed by atoms with Gasteiger partial charge < -0.3 is 19.3 Å². The van der Waals surface area contributed by atoms with Crippen LogP contribution >= 0.6 is 0 Å². The maximum Gasteiger partial charge on any atom is 0.410 e. The van der Waals surface area contributed by atoms with Gasteiger partial charge in [0.1, 0.15) is 17.5 Å². The number of ether oxygens (including phenoxy) is 2. The van der Waals surface area contributed by atoms with Crippen LogP contribution < -0.4 is 9.64 Å². The molecule has 1 amide bonds. The first-order valence-corrected chi connectivity index (χ1v) is 11.3. The van der Waals surface area contributed by atoms with Crippen LogP contribution in [0, 0.1) is 0 Å². The Kier molecular flexibility index (Phi) is 9.02. The molecule has 1 aliphatic heterocycles. The molecule has 0 bridgehead atoms. The number of hydrogen-bond donors (Lipinski definition) is 0. The largest absolute Gasteiger partial charge is 0.488 e. The first kappa shape index (κ1) is 24.8. The van der Waals surface area contributed by atoms with E-state index < -0.39 is 5.60 Å². The number of piperidine rings is 1. The maximum absolute atomic E-state index is 12.3. The molecule has 5 heteroatoms. The maximum atomic E-state index is 12.3. The Morgan fingerprint density at radius 2 is 1.58 bits per heavy atom. The molecule has 172 valence electrons. The van der Waals surface area contributed by atoms with Gasteiger partial charge >= 0.3 is 6.09 Å². The molecule has 2 rings (SSSR count). The summed E-state index contributed by atoms with van der Waals surface area (Å²) in [4.78, 5) is 16.4. The number of carbonyl (C=O) groups is 1. The zero-order chi connectivity index (χ0) is 23.0. The highest BCUT2D eigenvalue weighted by atomic mass is 16.6. The average Bonchev–Trinajstić information content (AvgIpc) is 2.67. The van der Waals surface area contributed by atoms with Crippen molar-refractivity contribution in [2.75, 3.05) is 31.1 Å². The van der Waals surface area contributed by atoms with Crippen molar-refractivity contribution in [1.82, 2.24) is 4.90 Å². The van der Waals surface area contributed by atoms with Crippen LogP contribution in [0.1, 0.15) is 61.3 Å². The van der Waals surface area contributed by atoms with Gasteiger partial charge in [-0.15, -0.1) is 0 Å². The van der Waals surface area contributed by atoms with E-state index in [1.54, 1.807) is 4.90 Å². The van der Waals surface area contributed by atoms with E-state index in [1.165, 1.54) is 11.1 Å². The quantitative estimate of drug-likeness (QED) is 0.485. The van der Waals surface area contributed by atoms with Crippen LogP contribution in [0.2, 0.25) is 0 Å². The standard InChI is InChI=1S/C26H40N2O3/c1-20(2)12-16-27(17-13-21(3)4)23-10-8-9-11-24(23)30-22-14-18-28(19-15-22)25(29)31-26(5,6)7/h8-13,22H,14-19H2,1-7H3. The first-order valence-electron chi connectivity index (χ1n) is 11.3. The lowest BCUT2D eigenvalue weighted by Crippen LogP contribution is -2.44. The predicted molar refractivity (Wildman–Crippen MR) is 129 cm³/mol. The summed E-state index contributed by atoms with van der Waals surface area (Å²) in [6.45, 7) is 17.2. The molecule has 31 heavy (non-hydrogen) atoms. The highest BCUT2D eigenvalue weighted by molar-refractivity contribution is 5.68. The Balaban J connectivity index is 2.07. The summed E-state index contributed by atoms with van der Waals surface area (Å²) >= 11 is 0. The lowest BCUT2D eigenvalue weighted by Gasteiger charge is -2.34. The summed E-state index contributed by atoms with van der Waals surface area (Å²) in [5, 5.41) is 0. The van der Waals surface area contributed by atoms with Crippen molar-refractivity contribution < 1.29 is 14.3 Å². The van der Waals surface area contributed by atoms with Crippen LogP contribution in [0.15, 0.2) is 47.6 Å². The third kappa shape index (κ3) is 8.68. The van der Waals surface area contributed by atoms with Crippen LogP contribution in [-0.2, 0) is 4.74 Å². The molecule has 0 spiro atoms. The molecule has 0 radical (unpaired) electrons. The SMILES string of the molecule is CC(C)=CCN(CC=C(C)C)c1ccccc1OC1CCN(C(=O)OC(C)(C)C)CC1. The summed E-state index contributed by atoms with van der Waals surface area (Å²) < 4.78 is 12.0. The number of para-hydroxylation sites is 2. The number of nitrogens with zero attached hydrogens (tertiary/aromatic N) is 2. The first-order chi connectivity index (χ1) is 14.5. The number of allylic oxidation sites excluding steroid dienone is 2. The van der Waals surface area contributed by atoms with Gasteiger partial charge in [-0.25, -0.2) is 4.79 Å². The molecule has 1 aromatic rings. The van der Waals surface area contributed by atoms with Gasteiger partial charge in [-0.1, -0.05) is 35.4 Å². The molecule has 5 nitrogen and oxygen atoms in total. The molecule has 1 aromatic carbocycles. The van der Waals surface area contributed by atoms with Gasteiger partial charge in [-0.05, 0) is 60.6 Å². The minimum atomic E-state index is -0.469. The monoisotopic (exact) mass is 428 g/mol. The summed E-state index contributed by atoms with van der Waals surface area (Å²) in [5.74, 6) is 0.905. The van der Waals surface area contributed by atoms with E-state index in [-0.39, 0.29) is 12.2 Å². The van der Waals surface area contributed by atoms with Crippen molar-refractivity contribution in [2.45, 2.75) is 73.0 Å². The van der Waals surface area contributed by atoms with Gasteiger partial charge in [0.25, 0.3) is 0 Å². The van der Waals surface area contributed by atoms with Crippen LogP contribution in [-0.4, -0.2) is 48.9 Å². The normalized spacial score (nSPS) is 14.6. The molecular weight excluding hydrogens is 388 g/mol. The van der Waals surface area contributed by atoms with Crippen LogP contribution in [0.4, 0.5) is 10.5 Å². The van der Waals surface area contributed by atoms with Gasteiger partial charge in [-0.3, -0.25) is 0 Å². The molecule has 1 aliphatic rings. The van der Waals surface area contributed by atoms with Gasteiger partial charge in [0.15, 0.2) is 0 Å². The molecule has 1 saturated heterocycles. The van der Waals surface area contributed by atoms with E-state index in [2.05, 4.69) is 56.9 Å². The smallest absolute Gasteiger partial charge is 0.410 e. The van der Waals surface area contributed by atoms with Crippen molar-refractivity contribution in [3.63, 3.8) is 0 Å². The second kappa shape index (κ2) is 11.3. The molecule has 0 unspecified atom stereocenters. The molecule has 0 aliphatic carbocycles. The fraction of sp³-hybridized carbons (Fsp3) is 0.577. The Bertz CT molecular complexity index is 756. The second-order valence-electron chi connectivity index (χ2n) is 9.72. The Morgan fingerprint density at radius 1 is 1.03 bits per heavy atom. The summed E-state index contributed by atoms with van der Waals surface area (Å²) in [5.41, 5.74) is 3.24. The van der Waals surface area contributed by atoms with E-state index in [1.807, 2.05) is 32.9 Å². The Labute approximate surface area is 188 Å². The topological polar surface area (TPSA) is 42.0 Å². The van der Waals surface area contributed by atoms with E-state index in [9.17, 15) is 4.79 Å². The van der Waals surface area contributed by atoms with Crippen molar-refractivity contribution >= 4 is 11.8 Å². The zero-order valence-electron chi connectivity index (χ0n) is 20.4. The lowest BCUT2D eigenvalue weighted by atomic mass is 10.1. The molecule has 0 saturated carbocycles. The summed E-state index contributed by atoms with van der Waals surface area (Å²) in [6.07, 6.45) is 5.95. The van der Waals surface area contributed by atoms with Gasteiger partial charge in [-0.2, -0.15) is 0 Å². The third-order valence-corrected chi connectivity index (χ3v) is 5.03. The molecule has 1 heterocycles. The van der Waals surface area contributed by atoms with E-state index in [4.69, 9.17) is 9.47 Å². The highest BCUT2D eigenvalue weighted by Crippen LogP contribution is 2.31. The summed E-state index contributed by atoms with van der Waals surface area (Å²) in [6, 6.07) is 8.26. The van der Waals surface area contributed by atoms with Crippen LogP contribution in [0.3, 0.4) is 0 Å². The van der Waals surface area contributed by atoms with Crippen LogP contribution in [0.25, 0.3) is 0 Å². The molecule has 0 N–H and O–H groups in total. The fourth-order valence-corrected chi connectivity index (χ4v) is 3.34. The lowest BCUT2D eigenvalue weighted by molar-refractivity contribution is 0.0127. The fourth-order valence-electron chi connectivity index (χ4n) is 3.34. The highest BCUT2D eigenvalue weighted by Gasteiger charge is 2.28. The molecular formula is C26H40N2O3. The molecule has 0 aromatic heterocycles. The number of amides is 1. The van der Waals surface area contributed by atoms with Gasteiger partial charge in [0, 0.05) is 39.0 Å². The minimum absolute atomic E-state index is 0.0913. The van der Waals surface area contributed by atoms with Gasteiger partial charge in [0.05, 0.1) is 5.69 Å². The van der Waals surface area contributed by atoms with E-state index >= 15 is 0 Å². The van der Waals surface area contributed by atoms with Gasteiger partial charge in [0.2, 0.25) is 0 Å². The number of carbonyl (C=O) groups excluding carboxylic acids is 1. The number of likely N-dealkylation sites (tertiary alicyclic amines) is 1. The number of rotatable bonds is 7. The molecule has 0 atom stereocenters. The number of benzene rings is 1. The number of anilines is 1. The van der Waals surface area contributed by atoms with E-state index in [0.717, 1.165) is 37.4 Å². The predicted octanol–water partition coefficient (Wildman–Crippen LogP) is 6.20. The second-order valence-corrected chi connectivity index (χ2v) is 9.72.